The van der Waals surface area contributed by atoms with Gasteiger partial charge in [0.1, 0.15) is 0 Å². The molecule has 0 bridgehead atoms. The van der Waals surface area contributed by atoms with Gasteiger partial charge in [-0.15, -0.1) is 0 Å². The SMILES string of the molecule is CN(C)CCN(Cc1ccc(-c2cccc(CN)c2)cc1)C(=O)CCC1CCCC1.O=C(O)C(F)(F)F.O=C(O)C(F)(F)F. The summed E-state index contributed by atoms with van der Waals surface area (Å²) in [6.45, 7) is 2.89. The van der Waals surface area contributed by atoms with Crippen LogP contribution in [0.5, 0.6) is 0 Å². The van der Waals surface area contributed by atoms with Gasteiger partial charge in [0, 0.05) is 32.6 Å². The van der Waals surface area contributed by atoms with Crippen LogP contribution in [0.4, 0.5) is 26.3 Å². The van der Waals surface area contributed by atoms with Gasteiger partial charge in [-0.3, -0.25) is 4.79 Å². The molecule has 0 radical (unpaired) electrons. The van der Waals surface area contributed by atoms with Crippen LogP contribution < -0.4 is 5.73 Å². The van der Waals surface area contributed by atoms with Crippen LogP contribution in [0.25, 0.3) is 11.1 Å². The first-order chi connectivity index (χ1) is 20.4. The Labute approximate surface area is 252 Å². The molecule has 0 atom stereocenters. The quantitative estimate of drug-likeness (QED) is 0.276. The van der Waals surface area contributed by atoms with Gasteiger partial charge < -0.3 is 25.7 Å². The molecule has 0 heterocycles. The number of nitrogens with zero attached hydrogens (tertiary/aromatic N) is 2. The van der Waals surface area contributed by atoms with Crippen molar-refractivity contribution in [2.45, 2.75) is 64.0 Å². The largest absolute Gasteiger partial charge is 0.490 e. The van der Waals surface area contributed by atoms with E-state index in [1.807, 2.05) is 4.90 Å². The molecule has 246 valence electrons. The number of amides is 1. The Bertz CT molecular complexity index is 1160. The number of alkyl halides is 6. The van der Waals surface area contributed by atoms with Crippen LogP contribution in [-0.2, 0) is 27.5 Å². The molecule has 3 rings (SSSR count). The van der Waals surface area contributed by atoms with E-state index in [9.17, 15) is 31.1 Å². The van der Waals surface area contributed by atoms with E-state index in [1.165, 1.54) is 42.4 Å². The van der Waals surface area contributed by atoms with Gasteiger partial charge in [0.2, 0.25) is 5.91 Å². The predicted octanol–water partition coefficient (Wildman–Crippen LogP) is 5.94. The summed E-state index contributed by atoms with van der Waals surface area (Å²) in [6, 6.07) is 17.0. The number of hydrogen-bond donors (Lipinski definition) is 3. The molecular formula is C30H39F6N3O5. The number of aliphatic carboxylic acids is 2. The van der Waals surface area contributed by atoms with Gasteiger partial charge in [-0.25, -0.2) is 9.59 Å². The topological polar surface area (TPSA) is 124 Å². The summed E-state index contributed by atoms with van der Waals surface area (Å²) in [5, 5.41) is 14.2. The zero-order valence-corrected chi connectivity index (χ0v) is 24.6. The molecule has 14 heteroatoms. The fourth-order valence-corrected chi connectivity index (χ4v) is 4.30. The lowest BCUT2D eigenvalue weighted by Crippen LogP contribution is -2.36. The van der Waals surface area contributed by atoms with Crippen molar-refractivity contribution in [3.63, 3.8) is 0 Å². The Morgan fingerprint density at radius 3 is 1.80 bits per heavy atom. The van der Waals surface area contributed by atoms with E-state index in [4.69, 9.17) is 25.5 Å². The lowest BCUT2D eigenvalue weighted by Gasteiger charge is -2.25. The number of carbonyl (C=O) groups is 3. The van der Waals surface area contributed by atoms with Crippen molar-refractivity contribution in [2.75, 3.05) is 27.2 Å². The molecule has 1 saturated carbocycles. The van der Waals surface area contributed by atoms with Gasteiger partial charge in [0.25, 0.3) is 0 Å². The van der Waals surface area contributed by atoms with Gasteiger partial charge in [-0.05, 0) is 54.8 Å². The minimum atomic E-state index is -5.08. The summed E-state index contributed by atoms with van der Waals surface area (Å²) in [5.41, 5.74) is 10.5. The highest BCUT2D eigenvalue weighted by Crippen LogP contribution is 2.29. The van der Waals surface area contributed by atoms with Gasteiger partial charge in [0.15, 0.2) is 0 Å². The van der Waals surface area contributed by atoms with E-state index in [-0.39, 0.29) is 0 Å². The molecule has 2 aromatic rings. The third-order valence-electron chi connectivity index (χ3n) is 6.72. The molecule has 1 fully saturated rings. The van der Waals surface area contributed by atoms with Crippen molar-refractivity contribution in [1.29, 1.82) is 0 Å². The third-order valence-corrected chi connectivity index (χ3v) is 6.72. The highest BCUT2D eigenvalue weighted by Gasteiger charge is 2.38. The number of carboxylic acids is 2. The smallest absolute Gasteiger partial charge is 0.475 e. The number of likely N-dealkylation sites (N-methyl/N-ethyl adjacent to an activating group) is 1. The number of rotatable bonds is 10. The Morgan fingerprint density at radius 1 is 0.818 bits per heavy atom. The standard InChI is InChI=1S/C26H37N3O.2C2HF3O2/c1-28(2)16-17-29(26(30)15-12-21-6-3-4-7-21)20-22-10-13-24(14-11-22)25-9-5-8-23(18-25)19-27;2*3-2(4,5)1(6)7/h5,8-11,13-14,18,21H,3-4,6-7,12,15-17,19-20,27H2,1-2H3;2*(H,6,7). The Kier molecular flexibility index (Phi) is 15.9. The molecule has 0 aliphatic heterocycles. The highest BCUT2D eigenvalue weighted by atomic mass is 19.4. The van der Waals surface area contributed by atoms with Gasteiger partial charge in [-0.1, -0.05) is 68.1 Å². The number of halogens is 6. The number of carbonyl (C=O) groups excluding carboxylic acids is 1. The molecular weight excluding hydrogens is 596 g/mol. The van der Waals surface area contributed by atoms with E-state index in [2.05, 4.69) is 67.5 Å². The summed E-state index contributed by atoms with van der Waals surface area (Å²) in [5.74, 6) is -4.46. The minimum Gasteiger partial charge on any atom is -0.475 e. The van der Waals surface area contributed by atoms with Crippen molar-refractivity contribution in [1.82, 2.24) is 9.80 Å². The van der Waals surface area contributed by atoms with Gasteiger partial charge >= 0.3 is 24.3 Å². The summed E-state index contributed by atoms with van der Waals surface area (Å²) in [4.78, 5) is 34.9. The summed E-state index contributed by atoms with van der Waals surface area (Å²) >= 11 is 0. The van der Waals surface area contributed by atoms with Crippen LogP contribution >= 0.6 is 0 Å². The second kappa shape index (κ2) is 18.2. The van der Waals surface area contributed by atoms with Crippen molar-refractivity contribution in [3.05, 3.63) is 59.7 Å². The second-order valence-corrected chi connectivity index (χ2v) is 10.5. The molecule has 44 heavy (non-hydrogen) atoms. The van der Waals surface area contributed by atoms with E-state index in [1.54, 1.807) is 0 Å². The molecule has 0 aromatic heterocycles. The zero-order chi connectivity index (χ0) is 33.5. The Morgan fingerprint density at radius 2 is 1.34 bits per heavy atom. The van der Waals surface area contributed by atoms with Crippen molar-refractivity contribution in [3.8, 4) is 11.1 Å². The lowest BCUT2D eigenvalue weighted by atomic mass is 10.0. The number of carboxylic acid groups (broad SMARTS) is 2. The third kappa shape index (κ3) is 15.2. The van der Waals surface area contributed by atoms with Gasteiger partial charge in [-0.2, -0.15) is 26.3 Å². The molecule has 0 spiro atoms. The zero-order valence-electron chi connectivity index (χ0n) is 24.6. The van der Waals surface area contributed by atoms with Crippen LogP contribution in [-0.4, -0.2) is 77.4 Å². The maximum Gasteiger partial charge on any atom is 0.490 e. The van der Waals surface area contributed by atoms with E-state index < -0.39 is 24.3 Å². The summed E-state index contributed by atoms with van der Waals surface area (Å²) in [7, 11) is 4.12. The van der Waals surface area contributed by atoms with Crippen LogP contribution in [0, 0.1) is 5.92 Å². The van der Waals surface area contributed by atoms with Gasteiger partial charge in [0.05, 0.1) is 0 Å². The number of hydrogen-bond acceptors (Lipinski definition) is 5. The average molecular weight is 636 g/mol. The average Bonchev–Trinajstić information content (AvgIpc) is 3.48. The molecule has 2 aromatic carbocycles. The number of benzene rings is 2. The monoisotopic (exact) mass is 635 g/mol. The summed E-state index contributed by atoms with van der Waals surface area (Å²) < 4.78 is 63.5. The number of nitrogens with two attached hydrogens (primary N) is 1. The molecule has 0 unspecified atom stereocenters. The Balaban J connectivity index is 0.000000574. The molecule has 1 aliphatic rings. The fourth-order valence-electron chi connectivity index (χ4n) is 4.30. The first-order valence-corrected chi connectivity index (χ1v) is 13.8. The fraction of sp³-hybridized carbons (Fsp3) is 0.500. The molecule has 4 N–H and O–H groups in total. The van der Waals surface area contributed by atoms with Crippen molar-refractivity contribution < 1.29 is 50.9 Å². The molecule has 0 saturated heterocycles. The first-order valence-electron chi connectivity index (χ1n) is 13.8. The molecule has 1 aliphatic carbocycles. The van der Waals surface area contributed by atoms with E-state index in [0.29, 0.717) is 25.4 Å². The summed E-state index contributed by atoms with van der Waals surface area (Å²) in [6.07, 6.45) is -3.15. The molecule has 8 nitrogen and oxygen atoms in total. The highest BCUT2D eigenvalue weighted by molar-refractivity contribution is 5.76. The van der Waals surface area contributed by atoms with Crippen molar-refractivity contribution >= 4 is 17.8 Å². The maximum absolute atomic E-state index is 13.0. The molecule has 1 amide bonds. The lowest BCUT2D eigenvalue weighted by molar-refractivity contribution is -0.193. The first kappa shape index (κ1) is 38.4. The van der Waals surface area contributed by atoms with E-state index >= 15 is 0 Å². The minimum absolute atomic E-state index is 0.295. The van der Waals surface area contributed by atoms with Crippen LogP contribution in [0.2, 0.25) is 0 Å². The van der Waals surface area contributed by atoms with Crippen LogP contribution in [0.3, 0.4) is 0 Å². The Hall–Kier alpha value is -3.65. The second-order valence-electron chi connectivity index (χ2n) is 10.5. The van der Waals surface area contributed by atoms with Crippen molar-refractivity contribution in [2.24, 2.45) is 11.7 Å². The predicted molar refractivity (Wildman–Crippen MR) is 152 cm³/mol. The normalized spacial score (nSPS) is 13.4. The maximum atomic E-state index is 13.0. The van der Waals surface area contributed by atoms with Crippen LogP contribution in [0.1, 0.15) is 49.7 Å². The van der Waals surface area contributed by atoms with E-state index in [0.717, 1.165) is 31.0 Å². The van der Waals surface area contributed by atoms with Crippen LogP contribution in [0.15, 0.2) is 48.5 Å².